The maximum absolute atomic E-state index is 11.9. The second-order valence-corrected chi connectivity index (χ2v) is 10.3. The second kappa shape index (κ2) is 10.7. The van der Waals surface area contributed by atoms with Gasteiger partial charge in [0.25, 0.3) is 0 Å². The smallest absolute Gasteiger partial charge is 0.407 e. The van der Waals surface area contributed by atoms with Crippen LogP contribution in [0, 0.1) is 5.92 Å². The molecule has 0 bridgehead atoms. The summed E-state index contributed by atoms with van der Waals surface area (Å²) in [6, 6.07) is 13.8. The van der Waals surface area contributed by atoms with Gasteiger partial charge in [0, 0.05) is 34.7 Å². The molecule has 7 heteroatoms. The number of rotatable bonds is 7. The highest BCUT2D eigenvalue weighted by molar-refractivity contribution is 9.10. The van der Waals surface area contributed by atoms with Crippen LogP contribution < -0.4 is 10.1 Å². The molecule has 1 fully saturated rings. The van der Waals surface area contributed by atoms with Crippen molar-refractivity contribution >= 4 is 33.6 Å². The molecular weight excluding hydrogens is 480 g/mol. The number of nitrogens with one attached hydrogen (secondary N) is 1. The van der Waals surface area contributed by atoms with Crippen LogP contribution in [0.2, 0.25) is 5.02 Å². The Kier molecular flexibility index (Phi) is 8.25. The number of halogens is 2. The third kappa shape index (κ3) is 8.02. The summed E-state index contributed by atoms with van der Waals surface area (Å²) in [5.74, 6) is 1.30. The summed E-state index contributed by atoms with van der Waals surface area (Å²) in [5.41, 5.74) is 1.74. The Morgan fingerprint density at radius 3 is 2.68 bits per heavy atom. The number of likely N-dealkylation sites (tertiary alicyclic amines) is 1. The van der Waals surface area contributed by atoms with Gasteiger partial charge in [0.2, 0.25) is 0 Å². The molecule has 5 nitrogen and oxygen atoms in total. The lowest BCUT2D eigenvalue weighted by molar-refractivity contribution is 0.0519. The lowest BCUT2D eigenvalue weighted by atomic mass is 10.1. The Morgan fingerprint density at radius 1 is 1.23 bits per heavy atom. The van der Waals surface area contributed by atoms with E-state index in [4.69, 9.17) is 21.1 Å². The minimum atomic E-state index is -0.477. The molecule has 1 saturated heterocycles. The average Bonchev–Trinajstić information content (AvgIpc) is 3.13. The van der Waals surface area contributed by atoms with Gasteiger partial charge in [-0.2, -0.15) is 0 Å². The first-order chi connectivity index (χ1) is 14.7. The Balaban J connectivity index is 1.53. The van der Waals surface area contributed by atoms with Gasteiger partial charge >= 0.3 is 6.09 Å². The van der Waals surface area contributed by atoms with Crippen LogP contribution in [0.5, 0.6) is 5.75 Å². The summed E-state index contributed by atoms with van der Waals surface area (Å²) in [7, 11) is 0. The zero-order valence-corrected chi connectivity index (χ0v) is 20.6. The van der Waals surface area contributed by atoms with E-state index in [1.165, 1.54) is 0 Å². The van der Waals surface area contributed by atoms with E-state index in [0.717, 1.165) is 52.4 Å². The fraction of sp³-hybridized carbons (Fsp3) is 0.458. The molecule has 2 aromatic carbocycles. The molecular formula is C24H30BrClN2O3. The molecule has 0 aromatic heterocycles. The molecule has 1 amide bonds. The number of benzene rings is 2. The Morgan fingerprint density at radius 2 is 1.97 bits per heavy atom. The standard InChI is InChI=1S/C24H30BrClN2O3/c1-24(2,3)31-23(29)27-13-18-10-11-28(14-18)15-19-12-20(25)6-9-22(19)30-16-17-4-7-21(26)8-5-17/h4-9,12,18H,10-11,13-16H2,1-3H3,(H,27,29). The van der Waals surface area contributed by atoms with E-state index in [1.54, 1.807) is 0 Å². The first-order valence-electron chi connectivity index (χ1n) is 10.5. The van der Waals surface area contributed by atoms with Crippen LogP contribution in [-0.2, 0) is 17.9 Å². The van der Waals surface area contributed by atoms with E-state index in [9.17, 15) is 4.79 Å². The van der Waals surface area contributed by atoms with Gasteiger partial charge in [-0.1, -0.05) is 39.7 Å². The summed E-state index contributed by atoms with van der Waals surface area (Å²) in [6.45, 7) is 9.45. The van der Waals surface area contributed by atoms with E-state index < -0.39 is 5.60 Å². The number of alkyl carbamates (subject to hydrolysis) is 1. The third-order valence-electron chi connectivity index (χ3n) is 5.03. The van der Waals surface area contributed by atoms with Crippen LogP contribution in [0.1, 0.15) is 38.3 Å². The zero-order chi connectivity index (χ0) is 22.4. The number of ether oxygens (including phenoxy) is 2. The molecule has 0 spiro atoms. The molecule has 3 rings (SSSR count). The van der Waals surface area contributed by atoms with Gasteiger partial charge in [-0.05, 0) is 75.5 Å². The lowest BCUT2D eigenvalue weighted by Crippen LogP contribution is -2.36. The van der Waals surface area contributed by atoms with Crippen molar-refractivity contribution in [1.82, 2.24) is 10.2 Å². The number of amides is 1. The number of nitrogens with zero attached hydrogens (tertiary/aromatic N) is 1. The van der Waals surface area contributed by atoms with Crippen LogP contribution in [0.25, 0.3) is 0 Å². The first-order valence-corrected chi connectivity index (χ1v) is 11.7. The van der Waals surface area contributed by atoms with Gasteiger partial charge in [0.15, 0.2) is 0 Å². The number of carbonyl (C=O) groups is 1. The van der Waals surface area contributed by atoms with Crippen molar-refractivity contribution in [3.63, 3.8) is 0 Å². The van der Waals surface area contributed by atoms with Crippen molar-refractivity contribution in [1.29, 1.82) is 0 Å². The van der Waals surface area contributed by atoms with Crippen molar-refractivity contribution in [2.24, 2.45) is 5.92 Å². The molecule has 0 radical (unpaired) electrons. The zero-order valence-electron chi connectivity index (χ0n) is 18.3. The van der Waals surface area contributed by atoms with Crippen LogP contribution in [-0.4, -0.2) is 36.2 Å². The minimum absolute atomic E-state index is 0.351. The molecule has 1 aliphatic heterocycles. The Labute approximate surface area is 198 Å². The van der Waals surface area contributed by atoms with Crippen LogP contribution in [0.4, 0.5) is 4.79 Å². The second-order valence-electron chi connectivity index (χ2n) is 8.94. The van der Waals surface area contributed by atoms with Crippen molar-refractivity contribution < 1.29 is 14.3 Å². The topological polar surface area (TPSA) is 50.8 Å². The van der Waals surface area contributed by atoms with Gasteiger partial charge in [-0.3, -0.25) is 4.90 Å². The van der Waals surface area contributed by atoms with Gasteiger partial charge in [0.1, 0.15) is 18.0 Å². The molecule has 1 aliphatic rings. The van der Waals surface area contributed by atoms with E-state index in [2.05, 4.69) is 32.2 Å². The maximum atomic E-state index is 11.9. The van der Waals surface area contributed by atoms with Gasteiger partial charge in [-0.25, -0.2) is 4.79 Å². The van der Waals surface area contributed by atoms with Crippen molar-refractivity contribution in [3.8, 4) is 5.75 Å². The van der Waals surface area contributed by atoms with E-state index in [0.29, 0.717) is 19.1 Å². The summed E-state index contributed by atoms with van der Waals surface area (Å²) < 4.78 is 12.5. The van der Waals surface area contributed by atoms with Crippen LogP contribution in [0.15, 0.2) is 46.9 Å². The Bertz CT molecular complexity index is 883. The highest BCUT2D eigenvalue weighted by Gasteiger charge is 2.25. The summed E-state index contributed by atoms with van der Waals surface area (Å²) >= 11 is 9.54. The van der Waals surface area contributed by atoms with Crippen molar-refractivity contribution in [2.75, 3.05) is 19.6 Å². The average molecular weight is 510 g/mol. The quantitative estimate of drug-likeness (QED) is 0.495. The normalized spacial score (nSPS) is 16.9. The third-order valence-corrected chi connectivity index (χ3v) is 5.77. The number of carbonyl (C=O) groups excluding carboxylic acids is 1. The van der Waals surface area contributed by atoms with Gasteiger partial charge in [0.05, 0.1) is 0 Å². The molecule has 0 aliphatic carbocycles. The molecule has 2 aromatic rings. The molecule has 1 unspecified atom stereocenters. The molecule has 1 atom stereocenters. The first kappa shape index (κ1) is 23.9. The van der Waals surface area contributed by atoms with Crippen molar-refractivity contribution in [3.05, 3.63) is 63.1 Å². The van der Waals surface area contributed by atoms with Gasteiger partial charge < -0.3 is 14.8 Å². The van der Waals surface area contributed by atoms with E-state index >= 15 is 0 Å². The highest BCUT2D eigenvalue weighted by atomic mass is 79.9. The highest BCUT2D eigenvalue weighted by Crippen LogP contribution is 2.28. The van der Waals surface area contributed by atoms with Crippen LogP contribution >= 0.6 is 27.5 Å². The molecule has 1 N–H and O–H groups in total. The van der Waals surface area contributed by atoms with Crippen LogP contribution in [0.3, 0.4) is 0 Å². The fourth-order valence-electron chi connectivity index (χ4n) is 3.56. The predicted molar refractivity (Wildman–Crippen MR) is 128 cm³/mol. The SMILES string of the molecule is CC(C)(C)OC(=O)NCC1CCN(Cc2cc(Br)ccc2OCc2ccc(Cl)cc2)C1. The van der Waals surface area contributed by atoms with E-state index in [1.807, 2.05) is 57.2 Å². The molecule has 168 valence electrons. The number of hydrogen-bond donors (Lipinski definition) is 1. The maximum Gasteiger partial charge on any atom is 0.407 e. The predicted octanol–water partition coefficient (Wildman–Crippen LogP) is 6.03. The monoisotopic (exact) mass is 508 g/mol. The molecule has 0 saturated carbocycles. The van der Waals surface area contributed by atoms with Gasteiger partial charge in [-0.15, -0.1) is 0 Å². The van der Waals surface area contributed by atoms with Crippen molar-refractivity contribution in [2.45, 2.75) is 45.9 Å². The number of hydrogen-bond acceptors (Lipinski definition) is 4. The fourth-order valence-corrected chi connectivity index (χ4v) is 4.09. The molecule has 31 heavy (non-hydrogen) atoms. The minimum Gasteiger partial charge on any atom is -0.489 e. The summed E-state index contributed by atoms with van der Waals surface area (Å²) in [5, 5.41) is 3.62. The lowest BCUT2D eigenvalue weighted by Gasteiger charge is -2.21. The van der Waals surface area contributed by atoms with E-state index in [-0.39, 0.29) is 6.09 Å². The summed E-state index contributed by atoms with van der Waals surface area (Å²) in [6.07, 6.45) is 0.695. The molecule has 1 heterocycles. The largest absolute Gasteiger partial charge is 0.489 e. The summed E-state index contributed by atoms with van der Waals surface area (Å²) in [4.78, 5) is 14.3. The Hall–Kier alpha value is -1.76.